The van der Waals surface area contributed by atoms with Gasteiger partial charge >= 0.3 is 0 Å². The molecule has 0 aliphatic rings. The number of amides is 1. The van der Waals surface area contributed by atoms with Crippen LogP contribution in [0.25, 0.3) is 10.9 Å². The van der Waals surface area contributed by atoms with Crippen LogP contribution in [-0.4, -0.2) is 38.9 Å². The van der Waals surface area contributed by atoms with Gasteiger partial charge in [0.05, 0.1) is 29.6 Å². The minimum Gasteiger partial charge on any atom is -0.326 e. The number of aromatic nitrogens is 3. The number of benzene rings is 2. The molecule has 0 atom stereocenters. The Morgan fingerprint density at radius 1 is 1.15 bits per heavy atom. The number of likely N-dealkylation sites (N-methyl/N-ethyl adjacent to an activating group) is 1. The van der Waals surface area contributed by atoms with E-state index in [1.165, 1.54) is 0 Å². The summed E-state index contributed by atoms with van der Waals surface area (Å²) in [4.78, 5) is 34.3. The monoisotopic (exact) mass is 454 g/mol. The molecule has 0 fully saturated rings. The third-order valence-electron chi connectivity index (χ3n) is 5.88. The molecule has 0 bridgehead atoms. The second-order valence-electron chi connectivity index (χ2n) is 8.37. The van der Waals surface area contributed by atoms with E-state index in [9.17, 15) is 14.9 Å². The second-order valence-corrected chi connectivity index (χ2v) is 8.37. The van der Waals surface area contributed by atoms with Crippen LogP contribution in [-0.2, 0) is 17.9 Å². The van der Waals surface area contributed by atoms with Gasteiger partial charge in [-0.25, -0.2) is 4.98 Å². The summed E-state index contributed by atoms with van der Waals surface area (Å²) < 4.78 is 1.96. The highest BCUT2D eigenvalue weighted by Gasteiger charge is 2.20. The summed E-state index contributed by atoms with van der Waals surface area (Å²) in [5.74, 6) is 0.724. The van der Waals surface area contributed by atoms with Crippen molar-refractivity contribution in [2.24, 2.45) is 0 Å². The van der Waals surface area contributed by atoms with Crippen LogP contribution in [0.1, 0.15) is 28.2 Å². The number of fused-ring (bicyclic) bond motifs is 1. The molecule has 2 N–H and O–H groups in total. The van der Waals surface area contributed by atoms with Crippen molar-refractivity contribution in [3.05, 3.63) is 93.2 Å². The van der Waals surface area contributed by atoms with Gasteiger partial charge in [0, 0.05) is 12.2 Å². The molecule has 8 heteroatoms. The molecular formula is C26H26N6O2. The lowest BCUT2D eigenvalue weighted by Crippen LogP contribution is -2.32. The molecule has 0 radical (unpaired) electrons. The SMILES string of the molecule is Cc1c(C#N)c(NC(=O)CN(C)Cc2nc3ccccc3c(=O)[nH]2)n(Cc2ccccc2)c1C. The van der Waals surface area contributed by atoms with E-state index in [4.69, 9.17) is 0 Å². The Morgan fingerprint density at radius 2 is 1.85 bits per heavy atom. The van der Waals surface area contributed by atoms with Gasteiger partial charge in [0.2, 0.25) is 5.91 Å². The highest BCUT2D eigenvalue weighted by atomic mass is 16.2. The van der Waals surface area contributed by atoms with E-state index in [1.807, 2.05) is 54.8 Å². The van der Waals surface area contributed by atoms with Crippen molar-refractivity contribution in [1.29, 1.82) is 5.26 Å². The van der Waals surface area contributed by atoms with Crippen molar-refractivity contribution in [2.45, 2.75) is 26.9 Å². The standard InChI is InChI=1S/C26H26N6O2/c1-17-18(2)32(14-19-9-5-4-6-10-19)25(21(17)13-27)30-24(33)16-31(3)15-23-28-22-12-8-7-11-20(22)26(34)29-23/h4-12H,14-16H2,1-3H3,(H,30,33)(H,28,29,34). The van der Waals surface area contributed by atoms with Gasteiger partial charge in [-0.1, -0.05) is 42.5 Å². The highest BCUT2D eigenvalue weighted by molar-refractivity contribution is 5.93. The zero-order chi connectivity index (χ0) is 24.2. The molecule has 2 heterocycles. The van der Waals surface area contributed by atoms with E-state index in [-0.39, 0.29) is 18.0 Å². The number of para-hydroxylation sites is 1. The predicted octanol–water partition coefficient (Wildman–Crippen LogP) is 3.33. The summed E-state index contributed by atoms with van der Waals surface area (Å²) in [5.41, 5.74) is 3.72. The van der Waals surface area contributed by atoms with Gasteiger partial charge in [0.25, 0.3) is 5.56 Å². The summed E-state index contributed by atoms with van der Waals surface area (Å²) in [6.07, 6.45) is 0. The number of nitriles is 1. The molecule has 8 nitrogen and oxygen atoms in total. The minimum absolute atomic E-state index is 0.0655. The van der Waals surface area contributed by atoms with Gasteiger partial charge in [-0.2, -0.15) is 5.26 Å². The van der Waals surface area contributed by atoms with E-state index >= 15 is 0 Å². The first-order valence-electron chi connectivity index (χ1n) is 11.0. The normalized spacial score (nSPS) is 11.0. The van der Waals surface area contributed by atoms with E-state index in [0.29, 0.717) is 41.2 Å². The molecule has 0 aliphatic heterocycles. The number of carbonyl (C=O) groups excluding carboxylic acids is 1. The topological polar surface area (TPSA) is 107 Å². The van der Waals surface area contributed by atoms with Crippen LogP contribution in [0.15, 0.2) is 59.4 Å². The molecule has 172 valence electrons. The summed E-state index contributed by atoms with van der Waals surface area (Å²) in [6, 6.07) is 19.3. The molecule has 4 rings (SSSR count). The minimum atomic E-state index is -0.256. The molecule has 0 saturated heterocycles. The molecule has 2 aromatic heterocycles. The number of hydrogen-bond acceptors (Lipinski definition) is 5. The number of anilines is 1. The average Bonchev–Trinajstić information content (AvgIpc) is 3.03. The summed E-state index contributed by atoms with van der Waals surface area (Å²) >= 11 is 0. The third-order valence-corrected chi connectivity index (χ3v) is 5.88. The summed E-state index contributed by atoms with van der Waals surface area (Å²) in [6.45, 7) is 4.74. The highest BCUT2D eigenvalue weighted by Crippen LogP contribution is 2.27. The van der Waals surface area contributed by atoms with Crippen molar-refractivity contribution in [3.63, 3.8) is 0 Å². The van der Waals surface area contributed by atoms with Gasteiger partial charge in [-0.05, 0) is 44.2 Å². The number of nitrogens with zero attached hydrogens (tertiary/aromatic N) is 4. The maximum Gasteiger partial charge on any atom is 0.258 e. The van der Waals surface area contributed by atoms with E-state index in [2.05, 4.69) is 21.4 Å². The number of nitrogens with one attached hydrogen (secondary N) is 2. The van der Waals surface area contributed by atoms with E-state index in [0.717, 1.165) is 16.8 Å². The Bertz CT molecular complexity index is 1450. The fourth-order valence-corrected chi connectivity index (χ4v) is 4.03. The maximum atomic E-state index is 12.9. The van der Waals surface area contributed by atoms with Crippen molar-refractivity contribution >= 4 is 22.6 Å². The van der Waals surface area contributed by atoms with Crippen LogP contribution in [0, 0.1) is 25.2 Å². The van der Waals surface area contributed by atoms with Crippen molar-refractivity contribution in [1.82, 2.24) is 19.4 Å². The molecule has 1 amide bonds. The van der Waals surface area contributed by atoms with Gasteiger partial charge in [0.1, 0.15) is 17.7 Å². The Balaban J connectivity index is 1.51. The van der Waals surface area contributed by atoms with Crippen LogP contribution in [0.2, 0.25) is 0 Å². The van der Waals surface area contributed by atoms with Crippen molar-refractivity contribution < 1.29 is 4.79 Å². The zero-order valence-corrected chi connectivity index (χ0v) is 19.4. The predicted molar refractivity (Wildman–Crippen MR) is 131 cm³/mol. The fourth-order valence-electron chi connectivity index (χ4n) is 4.03. The smallest absolute Gasteiger partial charge is 0.258 e. The molecule has 0 aliphatic carbocycles. The van der Waals surface area contributed by atoms with Crippen molar-refractivity contribution in [2.75, 3.05) is 18.9 Å². The lowest BCUT2D eigenvalue weighted by molar-refractivity contribution is -0.117. The van der Waals surface area contributed by atoms with Gasteiger partial charge in [-0.15, -0.1) is 0 Å². The maximum absolute atomic E-state index is 12.9. The number of H-pyrrole nitrogens is 1. The molecule has 4 aromatic rings. The lowest BCUT2D eigenvalue weighted by atomic mass is 10.2. The average molecular weight is 455 g/mol. The molecule has 0 saturated carbocycles. The van der Waals surface area contributed by atoms with Crippen LogP contribution >= 0.6 is 0 Å². The quantitative estimate of drug-likeness (QED) is 0.445. The molecular weight excluding hydrogens is 428 g/mol. The first kappa shape index (κ1) is 23.0. The van der Waals surface area contributed by atoms with E-state index < -0.39 is 0 Å². The number of rotatable bonds is 7. The number of carbonyl (C=O) groups is 1. The second kappa shape index (κ2) is 9.73. The van der Waals surface area contributed by atoms with Crippen LogP contribution in [0.5, 0.6) is 0 Å². The first-order valence-corrected chi connectivity index (χ1v) is 11.0. The largest absolute Gasteiger partial charge is 0.326 e. The molecule has 0 spiro atoms. The molecule has 0 unspecified atom stereocenters. The lowest BCUT2D eigenvalue weighted by Gasteiger charge is -2.17. The van der Waals surface area contributed by atoms with E-state index in [1.54, 1.807) is 30.1 Å². The van der Waals surface area contributed by atoms with Gasteiger partial charge < -0.3 is 14.9 Å². The van der Waals surface area contributed by atoms with Crippen molar-refractivity contribution in [3.8, 4) is 6.07 Å². The Labute approximate surface area is 197 Å². The number of aromatic amines is 1. The molecule has 2 aromatic carbocycles. The third kappa shape index (κ3) is 4.75. The Hall–Kier alpha value is -4.22. The van der Waals surface area contributed by atoms with Crippen LogP contribution in [0.3, 0.4) is 0 Å². The Kier molecular flexibility index (Phi) is 6.57. The fraction of sp³-hybridized carbons (Fsp3) is 0.231. The van der Waals surface area contributed by atoms with Gasteiger partial charge in [0.15, 0.2) is 0 Å². The number of hydrogen-bond donors (Lipinski definition) is 2. The Morgan fingerprint density at radius 3 is 2.59 bits per heavy atom. The zero-order valence-electron chi connectivity index (χ0n) is 19.4. The first-order chi connectivity index (χ1) is 16.4. The summed E-state index contributed by atoms with van der Waals surface area (Å²) in [7, 11) is 1.78. The van der Waals surface area contributed by atoms with Crippen LogP contribution < -0.4 is 10.9 Å². The van der Waals surface area contributed by atoms with Gasteiger partial charge in [-0.3, -0.25) is 14.5 Å². The van der Waals surface area contributed by atoms with Crippen LogP contribution in [0.4, 0.5) is 5.82 Å². The molecule has 34 heavy (non-hydrogen) atoms. The summed E-state index contributed by atoms with van der Waals surface area (Å²) in [5, 5.41) is 13.2.